The fourth-order valence-electron chi connectivity index (χ4n) is 12.4. The third-order valence-corrected chi connectivity index (χ3v) is 18.5. The number of fused-ring (bicyclic) bond motifs is 6. The van der Waals surface area contributed by atoms with Gasteiger partial charge in [0.15, 0.2) is 9.84 Å². The molecule has 0 aliphatic carbocycles. The van der Waals surface area contributed by atoms with E-state index in [0.29, 0.717) is 92.5 Å². The van der Waals surface area contributed by atoms with Crippen molar-refractivity contribution >= 4 is 50.1 Å². The molecule has 0 spiro atoms. The Morgan fingerprint density at radius 3 is 2.45 bits per heavy atom. The van der Waals surface area contributed by atoms with Gasteiger partial charge in [-0.25, -0.2) is 13.8 Å². The number of methoxy groups -OCH3 is 1. The molecule has 4 aliphatic rings. The number of sulfone groups is 1. The van der Waals surface area contributed by atoms with Crippen LogP contribution in [0.25, 0.3) is 44.6 Å². The molecule has 10 rings (SSSR count). The van der Waals surface area contributed by atoms with E-state index in [0.717, 1.165) is 44.4 Å². The Hall–Kier alpha value is -7.10. The number of phenols is 1. The third-order valence-electron chi connectivity index (χ3n) is 16.9. The molecule has 3 fully saturated rings. The number of carbonyl (C=O) groups is 4. The van der Waals surface area contributed by atoms with Gasteiger partial charge in [0, 0.05) is 98.6 Å². The van der Waals surface area contributed by atoms with E-state index in [1.54, 1.807) is 44.6 Å². The highest BCUT2D eigenvalue weighted by atomic mass is 32.2. The maximum Gasteiger partial charge on any atom is 0.324 e. The predicted molar refractivity (Wildman–Crippen MR) is 316 cm³/mol. The Labute approximate surface area is 485 Å². The van der Waals surface area contributed by atoms with Gasteiger partial charge in [-0.3, -0.25) is 34.1 Å². The standard InChI is InChI=1S/C63H78N8O11S/c1-9-70-53-18-14-41-31-48(53)50(57(70)49-32-43(34-65-55(49)38(4)79-8)54-19-17-46(82-54)35-69-22-25-83(77,78)26-23-69)33-63(5,6)36-81-62(76)51-11-10-21-71(67-51)60(74)52(29-39-27-42(41)30-45(72)28-39)66-59(73)56(37(2)3)68(7)61(75)58-47(20-24-80-58)40-12-15-44(64)16-13-40/h12-19,27-28,30-32,34,37-38,47,51-52,56,58,67,72H,9-11,20-26,29,33,35-36,64H2,1-8H3,(H,66,73)/t38-,47+,51-,52-,56-,58+/m0/s1. The van der Waals surface area contributed by atoms with Crippen molar-refractivity contribution in [1.29, 1.82) is 0 Å². The van der Waals surface area contributed by atoms with E-state index in [2.05, 4.69) is 59.2 Å². The number of phenolic OH excluding ortho intramolecular Hbond substituents is 1. The smallest absolute Gasteiger partial charge is 0.324 e. The molecule has 0 saturated carbocycles. The molecule has 19 nitrogen and oxygen atoms in total. The van der Waals surface area contributed by atoms with Gasteiger partial charge in [0.2, 0.25) is 5.91 Å². The number of aryl methyl sites for hydroxylation is 1. The summed E-state index contributed by atoms with van der Waals surface area (Å²) < 4.78 is 51.4. The number of nitrogens with two attached hydrogens (primary N) is 1. The molecule has 4 aliphatic heterocycles. The minimum absolute atomic E-state index is 0.0394. The highest BCUT2D eigenvalue weighted by Crippen LogP contribution is 2.44. The SMILES string of the molecule is CCn1c(-c2cc(-c3ccc(CN4CCS(=O)(=O)CC4)o3)cnc2[C@H](C)OC)c2c3cc(ccc31)-c1cc(O)cc(c1)C[C@H](NC(=O)[C@H](C(C)C)N(C)C(=O)[C@@H]1OCC[C@@H]1c1ccc(N)cc1)C(=O)N1CCC[C@H](N1)C(=O)OCC(C)(C)C2. The fourth-order valence-corrected chi connectivity index (χ4v) is 13.7. The molecule has 0 radical (unpaired) electrons. The van der Waals surface area contributed by atoms with Crippen molar-refractivity contribution in [3.63, 3.8) is 0 Å². The number of hydrogen-bond acceptors (Lipinski definition) is 15. The van der Waals surface area contributed by atoms with E-state index < -0.39 is 63.4 Å². The number of cyclic esters (lactones) is 1. The van der Waals surface area contributed by atoms with Gasteiger partial charge in [0.1, 0.15) is 41.5 Å². The Kier molecular flexibility index (Phi) is 17.3. The summed E-state index contributed by atoms with van der Waals surface area (Å²) in [4.78, 5) is 67.1. The van der Waals surface area contributed by atoms with Crippen LogP contribution >= 0.6 is 0 Å². The molecule has 6 aromatic rings. The minimum Gasteiger partial charge on any atom is -0.508 e. The van der Waals surface area contributed by atoms with Crippen molar-refractivity contribution < 1.29 is 51.3 Å². The number of hydrogen-bond donors (Lipinski definition) is 4. The number of pyridine rings is 1. The molecular formula is C63H78N8O11S. The molecule has 3 saturated heterocycles. The summed E-state index contributed by atoms with van der Waals surface area (Å²) in [6.07, 6.45) is 2.42. The maximum absolute atomic E-state index is 15.0. The summed E-state index contributed by atoms with van der Waals surface area (Å²) in [7, 11) is 0.199. The second kappa shape index (κ2) is 24.2. The van der Waals surface area contributed by atoms with Gasteiger partial charge < -0.3 is 44.3 Å². The van der Waals surface area contributed by atoms with Gasteiger partial charge in [-0.05, 0) is 128 Å². The lowest BCUT2D eigenvalue weighted by Gasteiger charge is -2.37. The first kappa shape index (κ1) is 59.1. The largest absolute Gasteiger partial charge is 0.508 e. The first-order valence-electron chi connectivity index (χ1n) is 28.9. The average molecular weight is 1160 g/mol. The topological polar surface area (TPSA) is 241 Å². The van der Waals surface area contributed by atoms with Crippen molar-refractivity contribution in [2.45, 2.75) is 123 Å². The van der Waals surface area contributed by atoms with Crippen LogP contribution in [0.5, 0.6) is 5.75 Å². The second-order valence-electron chi connectivity index (χ2n) is 23.9. The number of benzene rings is 3. The van der Waals surface area contributed by atoms with Gasteiger partial charge in [0.05, 0.1) is 42.1 Å². The van der Waals surface area contributed by atoms with Crippen LogP contribution in [0.15, 0.2) is 89.5 Å². The highest BCUT2D eigenvalue weighted by molar-refractivity contribution is 7.91. The van der Waals surface area contributed by atoms with Crippen LogP contribution in [0.3, 0.4) is 0 Å². The number of rotatable bonds is 13. The summed E-state index contributed by atoms with van der Waals surface area (Å²) in [5.41, 5.74) is 17.1. The molecule has 0 unspecified atom stereocenters. The normalized spacial score (nSPS) is 22.0. The number of anilines is 1. The van der Waals surface area contributed by atoms with E-state index in [-0.39, 0.29) is 54.6 Å². The van der Waals surface area contributed by atoms with Crippen molar-refractivity contribution in [3.8, 4) is 39.5 Å². The van der Waals surface area contributed by atoms with Crippen LogP contribution in [-0.4, -0.2) is 144 Å². The van der Waals surface area contributed by atoms with Gasteiger partial charge >= 0.3 is 5.97 Å². The van der Waals surface area contributed by atoms with Gasteiger partial charge in [-0.1, -0.05) is 52.0 Å². The first-order valence-corrected chi connectivity index (χ1v) is 30.7. The van der Waals surface area contributed by atoms with E-state index in [9.17, 15) is 32.7 Å². The Bertz CT molecular complexity index is 3510. The number of furan rings is 1. The van der Waals surface area contributed by atoms with Crippen molar-refractivity contribution in [3.05, 3.63) is 113 Å². The zero-order valence-corrected chi connectivity index (χ0v) is 49.6. The number of carbonyl (C=O) groups excluding carboxylic acids is 4. The molecule has 3 aromatic heterocycles. The van der Waals surface area contributed by atoms with Crippen LogP contribution in [0, 0.1) is 11.3 Å². The molecule has 6 bridgehead atoms. The van der Waals surface area contributed by atoms with E-state index >= 15 is 0 Å². The number of nitrogens with one attached hydrogen (secondary N) is 2. The lowest BCUT2D eigenvalue weighted by Crippen LogP contribution is -2.62. The quantitative estimate of drug-likeness (QED) is 0.0644. The molecule has 83 heavy (non-hydrogen) atoms. The molecule has 3 amide bonds. The highest BCUT2D eigenvalue weighted by Gasteiger charge is 2.43. The molecular weight excluding hydrogens is 1080 g/mol. The minimum atomic E-state index is -3.04. The number of likely N-dealkylation sites (N-methyl/N-ethyl adjacent to an activating group) is 1. The average Bonchev–Trinajstić information content (AvgIpc) is 3.28. The van der Waals surface area contributed by atoms with E-state index in [1.165, 1.54) is 9.91 Å². The lowest BCUT2D eigenvalue weighted by atomic mass is 9.84. The number of amides is 3. The summed E-state index contributed by atoms with van der Waals surface area (Å²) in [6, 6.07) is 21.6. The zero-order chi connectivity index (χ0) is 59.1. The van der Waals surface area contributed by atoms with E-state index in [1.807, 2.05) is 57.2 Å². The van der Waals surface area contributed by atoms with Crippen molar-refractivity contribution in [2.75, 3.05) is 64.2 Å². The first-order chi connectivity index (χ1) is 39.6. The molecule has 20 heteroatoms. The predicted octanol–water partition coefficient (Wildman–Crippen LogP) is 7.58. The van der Waals surface area contributed by atoms with Crippen LogP contribution in [0.2, 0.25) is 0 Å². The Morgan fingerprint density at radius 1 is 0.964 bits per heavy atom. The number of aromatic nitrogens is 2. The molecule has 442 valence electrons. The monoisotopic (exact) mass is 1150 g/mol. The molecule has 5 N–H and O–H groups in total. The Balaban J connectivity index is 1.03. The summed E-state index contributed by atoms with van der Waals surface area (Å²) in [5.74, 6) is -1.04. The van der Waals surface area contributed by atoms with Gasteiger partial charge in [-0.15, -0.1) is 0 Å². The number of ether oxygens (including phenoxy) is 3. The molecule has 3 aromatic carbocycles. The molecule has 6 atom stereocenters. The third kappa shape index (κ3) is 12.7. The lowest BCUT2D eigenvalue weighted by molar-refractivity contribution is -0.155. The number of hydrazine groups is 1. The fraction of sp³-hybridized carbons (Fsp3) is 0.476. The number of nitrogen functional groups attached to an aromatic ring is 1. The van der Waals surface area contributed by atoms with E-state index in [4.69, 9.17) is 29.3 Å². The summed E-state index contributed by atoms with van der Waals surface area (Å²) in [5, 5.41) is 16.9. The second-order valence-corrected chi connectivity index (χ2v) is 26.2. The van der Waals surface area contributed by atoms with Crippen LogP contribution < -0.4 is 16.5 Å². The maximum atomic E-state index is 15.0. The van der Waals surface area contributed by atoms with Gasteiger partial charge in [-0.2, -0.15) is 0 Å². The number of aromatic hydroxyl groups is 1. The van der Waals surface area contributed by atoms with Crippen molar-refractivity contribution in [1.82, 2.24) is 35.1 Å². The summed E-state index contributed by atoms with van der Waals surface area (Å²) >= 11 is 0. The number of esters is 1. The number of nitrogens with zero attached hydrogens (tertiary/aromatic N) is 5. The Morgan fingerprint density at radius 2 is 1.72 bits per heavy atom. The van der Waals surface area contributed by atoms with Crippen LogP contribution in [0.4, 0.5) is 5.69 Å². The van der Waals surface area contributed by atoms with Gasteiger partial charge in [0.25, 0.3) is 11.8 Å². The zero-order valence-electron chi connectivity index (χ0n) is 48.8. The van der Waals surface area contributed by atoms with Crippen molar-refractivity contribution in [2.24, 2.45) is 11.3 Å². The van der Waals surface area contributed by atoms with Crippen LogP contribution in [0.1, 0.15) is 101 Å². The summed E-state index contributed by atoms with van der Waals surface area (Å²) in [6.45, 7) is 14.4. The molecule has 7 heterocycles. The van der Waals surface area contributed by atoms with Crippen LogP contribution in [-0.2, 0) is 69.2 Å².